The minimum atomic E-state index is -0.553. The number of nitrogens with one attached hydrogen (secondary N) is 1. The third kappa shape index (κ3) is 3.50. The predicted molar refractivity (Wildman–Crippen MR) is 111 cm³/mol. The number of carbonyl (C=O) groups excluding carboxylic acids is 1. The van der Waals surface area contributed by atoms with Crippen LogP contribution in [-0.4, -0.2) is 49.8 Å². The highest BCUT2D eigenvalue weighted by Crippen LogP contribution is 2.34. The van der Waals surface area contributed by atoms with E-state index >= 15 is 0 Å². The van der Waals surface area contributed by atoms with Gasteiger partial charge in [0.15, 0.2) is 17.2 Å². The zero-order valence-electron chi connectivity index (χ0n) is 17.1. The number of piperidine rings is 1. The highest BCUT2D eigenvalue weighted by molar-refractivity contribution is 5.97. The van der Waals surface area contributed by atoms with E-state index in [4.69, 9.17) is 11.0 Å². The van der Waals surface area contributed by atoms with Crippen LogP contribution in [0.5, 0.6) is 0 Å². The summed E-state index contributed by atoms with van der Waals surface area (Å²) in [7, 11) is 0. The van der Waals surface area contributed by atoms with Gasteiger partial charge in [0.25, 0.3) is 5.91 Å². The third-order valence-electron chi connectivity index (χ3n) is 5.50. The number of nitrogens with zero attached hydrogens (tertiary/aromatic N) is 7. The lowest BCUT2D eigenvalue weighted by atomic mass is 9.79. The van der Waals surface area contributed by atoms with Crippen LogP contribution in [0.1, 0.15) is 42.0 Å². The molecule has 0 bridgehead atoms. The lowest BCUT2D eigenvalue weighted by molar-refractivity contribution is 0.1000. The maximum atomic E-state index is 12.0. The molecule has 154 valence electrons. The van der Waals surface area contributed by atoms with Gasteiger partial charge < -0.3 is 16.0 Å². The number of carbonyl (C=O) groups is 1. The van der Waals surface area contributed by atoms with Crippen LogP contribution in [0.25, 0.3) is 5.65 Å². The van der Waals surface area contributed by atoms with E-state index in [1.807, 2.05) is 25.1 Å². The molecule has 0 aromatic carbocycles. The van der Waals surface area contributed by atoms with Crippen molar-refractivity contribution in [1.82, 2.24) is 24.8 Å². The Morgan fingerprint density at radius 1 is 1.37 bits per heavy atom. The molecular weight excluding hydrogens is 382 g/mol. The highest BCUT2D eigenvalue weighted by Gasteiger charge is 2.37. The molecule has 3 aromatic rings. The molecule has 0 radical (unpaired) electrons. The van der Waals surface area contributed by atoms with Crippen LogP contribution in [0, 0.1) is 23.7 Å². The lowest BCUT2D eigenvalue weighted by Crippen LogP contribution is -2.52. The van der Waals surface area contributed by atoms with E-state index in [9.17, 15) is 4.79 Å². The Morgan fingerprint density at radius 2 is 2.17 bits per heavy atom. The summed E-state index contributed by atoms with van der Waals surface area (Å²) in [6, 6.07) is 7.39. The van der Waals surface area contributed by atoms with Crippen LogP contribution in [-0.2, 0) is 0 Å². The first-order valence-electron chi connectivity index (χ1n) is 9.69. The Bertz CT molecular complexity index is 1140. The van der Waals surface area contributed by atoms with E-state index in [0.29, 0.717) is 22.7 Å². The number of aryl methyl sites for hydroxylation is 1. The molecule has 1 fully saturated rings. The fraction of sp³-hybridized carbons (Fsp3) is 0.400. The van der Waals surface area contributed by atoms with Gasteiger partial charge >= 0.3 is 0 Å². The molecule has 30 heavy (non-hydrogen) atoms. The van der Waals surface area contributed by atoms with Gasteiger partial charge in [0.05, 0.1) is 11.3 Å². The third-order valence-corrected chi connectivity index (χ3v) is 5.50. The van der Waals surface area contributed by atoms with Gasteiger partial charge in [-0.2, -0.15) is 14.9 Å². The Morgan fingerprint density at radius 3 is 2.80 bits per heavy atom. The summed E-state index contributed by atoms with van der Waals surface area (Å²) >= 11 is 0. The van der Waals surface area contributed by atoms with Crippen molar-refractivity contribution in [3.05, 3.63) is 41.3 Å². The predicted octanol–water partition coefficient (Wildman–Crippen LogP) is 1.52. The van der Waals surface area contributed by atoms with Crippen LogP contribution in [0.4, 0.5) is 11.6 Å². The summed E-state index contributed by atoms with van der Waals surface area (Å²) in [5.74, 6) is 0.751. The number of hydrogen-bond acceptors (Lipinski definition) is 8. The molecule has 3 aromatic heterocycles. The van der Waals surface area contributed by atoms with Crippen LogP contribution in [0.2, 0.25) is 0 Å². The van der Waals surface area contributed by atoms with E-state index in [2.05, 4.69) is 44.3 Å². The smallest absolute Gasteiger partial charge is 0.254 e. The Kier molecular flexibility index (Phi) is 4.73. The Labute approximate surface area is 173 Å². The molecule has 1 atom stereocenters. The number of amides is 1. The van der Waals surface area contributed by atoms with Crippen molar-refractivity contribution < 1.29 is 4.79 Å². The Hall–Kier alpha value is -3.74. The van der Waals surface area contributed by atoms with Gasteiger partial charge in [-0.05, 0) is 25.5 Å². The molecule has 1 aliphatic heterocycles. The average molecular weight is 405 g/mol. The zero-order valence-corrected chi connectivity index (χ0v) is 17.1. The standard InChI is InChI=1S/C20H23N9O/c1-12-8-17-23-10-14(18(22)30)19(29(17)27-12)24-15-6-7-28(11-20(15,2)3)16-5-4-13(9-21)25-26-16/h4-5,8,10,15,24H,6-7,11H2,1-3H3,(H2,22,30)/t15-/m1/s1. The second kappa shape index (κ2) is 7.26. The summed E-state index contributed by atoms with van der Waals surface area (Å²) in [6.45, 7) is 7.67. The lowest BCUT2D eigenvalue weighted by Gasteiger charge is -2.45. The van der Waals surface area contributed by atoms with Gasteiger partial charge in [-0.3, -0.25) is 4.79 Å². The maximum Gasteiger partial charge on any atom is 0.254 e. The van der Waals surface area contributed by atoms with Crippen LogP contribution >= 0.6 is 0 Å². The van der Waals surface area contributed by atoms with Crippen molar-refractivity contribution in [2.45, 2.75) is 33.2 Å². The fourth-order valence-corrected chi connectivity index (χ4v) is 3.91. The molecule has 0 unspecified atom stereocenters. The monoisotopic (exact) mass is 405 g/mol. The quantitative estimate of drug-likeness (QED) is 0.666. The summed E-state index contributed by atoms with van der Waals surface area (Å²) in [5.41, 5.74) is 7.50. The van der Waals surface area contributed by atoms with Crippen molar-refractivity contribution in [1.29, 1.82) is 5.26 Å². The van der Waals surface area contributed by atoms with Gasteiger partial charge in [-0.15, -0.1) is 10.2 Å². The molecule has 10 nitrogen and oxygen atoms in total. The summed E-state index contributed by atoms with van der Waals surface area (Å²) in [6.07, 6.45) is 2.30. The van der Waals surface area contributed by atoms with Crippen LogP contribution in [0.15, 0.2) is 24.4 Å². The average Bonchev–Trinajstić information content (AvgIpc) is 3.09. The first-order valence-corrected chi connectivity index (χ1v) is 9.69. The number of rotatable bonds is 4. The van der Waals surface area contributed by atoms with Gasteiger partial charge in [0.2, 0.25) is 0 Å². The topological polar surface area (TPSA) is 138 Å². The van der Waals surface area contributed by atoms with E-state index < -0.39 is 5.91 Å². The van der Waals surface area contributed by atoms with Crippen LogP contribution in [0.3, 0.4) is 0 Å². The Balaban J connectivity index is 1.61. The van der Waals surface area contributed by atoms with Crippen LogP contribution < -0.4 is 16.0 Å². The first-order chi connectivity index (χ1) is 14.3. The van der Waals surface area contributed by atoms with Gasteiger partial charge in [-0.1, -0.05) is 13.8 Å². The molecule has 4 rings (SSSR count). The highest BCUT2D eigenvalue weighted by atomic mass is 16.1. The van der Waals surface area contributed by atoms with Crippen molar-refractivity contribution in [2.75, 3.05) is 23.3 Å². The molecule has 1 saturated heterocycles. The molecule has 0 spiro atoms. The van der Waals surface area contributed by atoms with Crippen molar-refractivity contribution >= 4 is 23.2 Å². The molecule has 4 heterocycles. The maximum absolute atomic E-state index is 12.0. The SMILES string of the molecule is Cc1cc2ncc(C(N)=O)c(N[C@@H]3CCN(c4ccc(C#N)nn4)CC3(C)C)n2n1. The molecule has 3 N–H and O–H groups in total. The molecule has 1 amide bonds. The zero-order chi connectivity index (χ0) is 21.5. The summed E-state index contributed by atoms with van der Waals surface area (Å²) < 4.78 is 1.64. The van der Waals surface area contributed by atoms with E-state index in [1.54, 1.807) is 10.6 Å². The van der Waals surface area contributed by atoms with E-state index in [1.165, 1.54) is 6.20 Å². The van der Waals surface area contributed by atoms with Gasteiger partial charge in [0, 0.05) is 36.8 Å². The number of nitrogens with two attached hydrogens (primary N) is 1. The molecule has 10 heteroatoms. The number of primary amides is 1. The molecular formula is C20H23N9O. The van der Waals surface area contributed by atoms with E-state index in [-0.39, 0.29) is 11.5 Å². The van der Waals surface area contributed by atoms with Crippen molar-refractivity contribution in [3.63, 3.8) is 0 Å². The molecule has 1 aliphatic rings. The normalized spacial score (nSPS) is 18.2. The minimum absolute atomic E-state index is 0.0632. The second-order valence-electron chi connectivity index (χ2n) is 8.22. The fourth-order valence-electron chi connectivity index (χ4n) is 3.91. The largest absolute Gasteiger partial charge is 0.366 e. The minimum Gasteiger partial charge on any atom is -0.366 e. The summed E-state index contributed by atoms with van der Waals surface area (Å²) in [5, 5.41) is 25.0. The number of hydrogen-bond donors (Lipinski definition) is 2. The van der Waals surface area contributed by atoms with Gasteiger partial charge in [0.1, 0.15) is 11.9 Å². The van der Waals surface area contributed by atoms with Gasteiger partial charge in [-0.25, -0.2) is 4.98 Å². The van der Waals surface area contributed by atoms with Crippen molar-refractivity contribution in [2.24, 2.45) is 11.1 Å². The number of aromatic nitrogens is 5. The van der Waals surface area contributed by atoms with Crippen molar-refractivity contribution in [3.8, 4) is 6.07 Å². The molecule has 0 aliphatic carbocycles. The number of anilines is 2. The summed E-state index contributed by atoms with van der Waals surface area (Å²) in [4.78, 5) is 18.5. The number of fused-ring (bicyclic) bond motifs is 1. The first kappa shape index (κ1) is 19.6. The molecule has 0 saturated carbocycles. The number of nitriles is 1. The second-order valence-corrected chi connectivity index (χ2v) is 8.22. The van der Waals surface area contributed by atoms with E-state index in [0.717, 1.165) is 31.0 Å².